The minimum Gasteiger partial charge on any atom is -0.442 e. The predicted molar refractivity (Wildman–Crippen MR) is 150 cm³/mol. The van der Waals surface area contributed by atoms with Crippen molar-refractivity contribution in [3.8, 4) is 0 Å². The Kier molecular flexibility index (Phi) is 14.3. The largest absolute Gasteiger partial charge is 0.442 e. The molecule has 0 saturated heterocycles. The summed E-state index contributed by atoms with van der Waals surface area (Å²) in [4.78, 5) is 0. The lowest BCUT2D eigenvalue weighted by Gasteiger charge is -2.38. The van der Waals surface area contributed by atoms with Gasteiger partial charge < -0.3 is 16.5 Å². The fourth-order valence-electron chi connectivity index (χ4n) is 2.09. The topological polar surface area (TPSA) is 36.9 Å². The highest BCUT2D eigenvalue weighted by Gasteiger charge is 2.40. The third kappa shape index (κ3) is 15.4. The van der Waals surface area contributed by atoms with Crippen molar-refractivity contribution >= 4 is 67.5 Å². The van der Waals surface area contributed by atoms with Crippen LogP contribution in [0.5, 0.6) is 0 Å². The quantitative estimate of drug-likeness (QED) is 0.373. The summed E-state index contributed by atoms with van der Waals surface area (Å²) < 4.78 is 24.4. The molecular formula is C16H52O4Si8. The molecular weight excluding hydrogens is 481 g/mol. The molecule has 0 amide bonds. The first-order valence-corrected chi connectivity index (χ1v) is 35.6. The highest BCUT2D eigenvalue weighted by molar-refractivity contribution is 7.38. The molecule has 0 aromatic carbocycles. The van der Waals surface area contributed by atoms with Crippen LogP contribution in [-0.4, -0.2) is 67.5 Å². The van der Waals surface area contributed by atoms with E-state index in [9.17, 15) is 0 Å². The van der Waals surface area contributed by atoms with E-state index in [-0.39, 0.29) is 0 Å². The minimum absolute atomic E-state index is 0.594. The maximum atomic E-state index is 6.33. The molecule has 0 fully saturated rings. The van der Waals surface area contributed by atoms with Crippen LogP contribution < -0.4 is 0 Å². The number of hydrogen-bond donors (Lipinski definition) is 0. The number of hydrogen-bond acceptors (Lipinski definition) is 4. The van der Waals surface area contributed by atoms with E-state index in [1.165, 1.54) is 0 Å². The van der Waals surface area contributed by atoms with Crippen molar-refractivity contribution in [2.75, 3.05) is 0 Å². The SMILES string of the molecule is C[SiH](C)O[SiH](C)O[Si](C)(C)[SiH](C)C.C[SiH](O[Si](C)(C)C)O[Si](C)(C)[Si](C)(C)C. The molecule has 0 radical (unpaired) electrons. The molecule has 4 nitrogen and oxygen atoms in total. The standard InChI is InChI=1S/C9H28O2Si4.C7H24O2Si4/c1-12(10-13(2,3)4)11-15(8,9)14(5,6)7;1-10(2)8-12(5)9-13(6,7)11(3)4/h12H,1-9H3;10-12H,1-7H3. The fraction of sp³-hybridized carbons (Fsp3) is 1.00. The van der Waals surface area contributed by atoms with Gasteiger partial charge in [-0.05, 0) is 72.0 Å². The molecule has 0 aliphatic carbocycles. The van der Waals surface area contributed by atoms with Crippen molar-refractivity contribution < 1.29 is 16.5 Å². The summed E-state index contributed by atoms with van der Waals surface area (Å²) in [5, 5.41) is 0. The molecule has 0 aromatic rings. The van der Waals surface area contributed by atoms with E-state index in [1.54, 1.807) is 0 Å². The van der Waals surface area contributed by atoms with Gasteiger partial charge in [0.15, 0.2) is 33.0 Å². The van der Waals surface area contributed by atoms with Gasteiger partial charge in [0.2, 0.25) is 0 Å². The zero-order valence-electron chi connectivity index (χ0n) is 21.9. The Labute approximate surface area is 188 Å². The Morgan fingerprint density at radius 3 is 1.25 bits per heavy atom. The van der Waals surface area contributed by atoms with Crippen molar-refractivity contribution in [3.63, 3.8) is 0 Å². The van der Waals surface area contributed by atoms with Gasteiger partial charge >= 0.3 is 0 Å². The third-order valence-corrected chi connectivity index (χ3v) is 48.3. The number of rotatable bonds is 10. The van der Waals surface area contributed by atoms with Gasteiger partial charge in [0, 0.05) is 0 Å². The zero-order valence-corrected chi connectivity index (χ0v) is 30.6. The third-order valence-electron chi connectivity index (χ3n) is 5.11. The average Bonchev–Trinajstić information content (AvgIpc) is 2.32. The van der Waals surface area contributed by atoms with Crippen molar-refractivity contribution in [2.24, 2.45) is 0 Å². The lowest BCUT2D eigenvalue weighted by atomic mass is 11.8. The Morgan fingerprint density at radius 1 is 0.536 bits per heavy atom. The zero-order chi connectivity index (χ0) is 23.1. The van der Waals surface area contributed by atoms with Gasteiger partial charge in [-0.15, -0.1) is 0 Å². The van der Waals surface area contributed by atoms with Crippen LogP contribution in [0.25, 0.3) is 0 Å². The van der Waals surface area contributed by atoms with Crippen molar-refractivity contribution in [3.05, 3.63) is 0 Å². The Hall–Kier alpha value is 1.58. The second-order valence-electron chi connectivity index (χ2n) is 11.3. The van der Waals surface area contributed by atoms with Gasteiger partial charge in [0.25, 0.3) is 18.6 Å². The predicted octanol–water partition coefficient (Wildman–Crippen LogP) is 4.95. The lowest BCUT2D eigenvalue weighted by molar-refractivity contribution is 0.432. The van der Waals surface area contributed by atoms with Crippen LogP contribution in [0.4, 0.5) is 0 Å². The van der Waals surface area contributed by atoms with E-state index in [2.05, 4.69) is 105 Å². The molecule has 172 valence electrons. The van der Waals surface area contributed by atoms with Crippen LogP contribution in [0.2, 0.25) is 105 Å². The highest BCUT2D eigenvalue weighted by Crippen LogP contribution is 2.22. The Morgan fingerprint density at radius 2 is 0.964 bits per heavy atom. The average molecular weight is 533 g/mol. The van der Waals surface area contributed by atoms with Crippen LogP contribution in [0.3, 0.4) is 0 Å². The summed E-state index contributed by atoms with van der Waals surface area (Å²) in [6.07, 6.45) is 0. The van der Waals surface area contributed by atoms with Gasteiger partial charge in [-0.25, -0.2) is 0 Å². The van der Waals surface area contributed by atoms with E-state index in [0.29, 0.717) is 0 Å². The van der Waals surface area contributed by atoms with Crippen LogP contribution in [0.15, 0.2) is 0 Å². The van der Waals surface area contributed by atoms with E-state index >= 15 is 0 Å². The second kappa shape index (κ2) is 12.6. The van der Waals surface area contributed by atoms with E-state index < -0.39 is 67.5 Å². The summed E-state index contributed by atoms with van der Waals surface area (Å²) in [7, 11) is -9.47. The van der Waals surface area contributed by atoms with Crippen LogP contribution in [0.1, 0.15) is 0 Å². The smallest absolute Gasteiger partial charge is 0.297 e. The Balaban J connectivity index is 0. The molecule has 2 unspecified atom stereocenters. The van der Waals surface area contributed by atoms with Gasteiger partial charge in [-0.2, -0.15) is 0 Å². The lowest BCUT2D eigenvalue weighted by Crippen LogP contribution is -2.58. The maximum absolute atomic E-state index is 6.33. The molecule has 0 rings (SSSR count). The van der Waals surface area contributed by atoms with Crippen molar-refractivity contribution in [1.82, 2.24) is 0 Å². The van der Waals surface area contributed by atoms with E-state index in [0.717, 1.165) is 0 Å². The molecule has 0 aliphatic heterocycles. The molecule has 2 atom stereocenters. The van der Waals surface area contributed by atoms with Gasteiger partial charge in [-0.1, -0.05) is 32.7 Å². The fourth-order valence-corrected chi connectivity index (χ4v) is 28.6. The van der Waals surface area contributed by atoms with Gasteiger partial charge in [0.1, 0.15) is 0 Å². The van der Waals surface area contributed by atoms with E-state index in [1.807, 2.05) is 0 Å². The molecule has 0 spiro atoms. The molecule has 0 saturated carbocycles. The molecule has 0 aromatic heterocycles. The molecule has 0 bridgehead atoms. The van der Waals surface area contributed by atoms with E-state index in [4.69, 9.17) is 16.5 Å². The van der Waals surface area contributed by atoms with Crippen molar-refractivity contribution in [2.45, 2.75) is 105 Å². The summed E-state index contributed by atoms with van der Waals surface area (Å²) in [6.45, 7) is 36.9. The highest BCUT2D eigenvalue weighted by atomic mass is 29.3. The van der Waals surface area contributed by atoms with Crippen LogP contribution >= 0.6 is 0 Å². The molecule has 28 heavy (non-hydrogen) atoms. The van der Waals surface area contributed by atoms with Gasteiger partial charge in [0.05, 0.1) is 15.9 Å². The molecule has 12 heteroatoms. The minimum atomic E-state index is -1.47. The van der Waals surface area contributed by atoms with Crippen molar-refractivity contribution in [1.29, 1.82) is 0 Å². The maximum Gasteiger partial charge on any atom is 0.297 e. The normalized spacial score (nSPS) is 16.1. The monoisotopic (exact) mass is 532 g/mol. The molecule has 0 N–H and O–H groups in total. The Bertz CT molecular complexity index is 433. The summed E-state index contributed by atoms with van der Waals surface area (Å²) in [5.74, 6) is 0. The van der Waals surface area contributed by atoms with Crippen LogP contribution in [0, 0.1) is 0 Å². The second-order valence-corrected chi connectivity index (χ2v) is 52.6. The first-order valence-electron chi connectivity index (χ1n) is 10.8. The summed E-state index contributed by atoms with van der Waals surface area (Å²) in [5.41, 5.74) is 0. The summed E-state index contributed by atoms with van der Waals surface area (Å²) >= 11 is 0. The molecule has 0 aliphatic rings. The van der Waals surface area contributed by atoms with Gasteiger partial charge in [-0.3, -0.25) is 0 Å². The molecule has 0 heterocycles. The summed E-state index contributed by atoms with van der Waals surface area (Å²) in [6, 6.07) is 0. The first-order chi connectivity index (χ1) is 12.1. The first kappa shape index (κ1) is 31.8. The van der Waals surface area contributed by atoms with Crippen LogP contribution in [-0.2, 0) is 16.5 Å².